The highest BCUT2D eigenvalue weighted by Gasteiger charge is 2.27. The molecule has 0 saturated carbocycles. The van der Waals surface area contributed by atoms with Gasteiger partial charge in [0.2, 0.25) is 10.0 Å². The fraction of sp³-hybridized carbons (Fsp3) is 0.500. The van der Waals surface area contributed by atoms with Crippen molar-refractivity contribution in [3.8, 4) is 0 Å². The van der Waals surface area contributed by atoms with Crippen molar-refractivity contribution in [1.82, 2.24) is 14.3 Å². The fourth-order valence-corrected chi connectivity index (χ4v) is 4.51. The van der Waals surface area contributed by atoms with E-state index in [1.807, 2.05) is 31.2 Å². The summed E-state index contributed by atoms with van der Waals surface area (Å²) in [5.41, 5.74) is 0.912. The number of unbranched alkanes of at least 4 members (excludes halogenated alkanes) is 1. The molecule has 1 fully saturated rings. The lowest BCUT2D eigenvalue weighted by atomic mass is 10.2. The molecule has 2 heterocycles. The summed E-state index contributed by atoms with van der Waals surface area (Å²) in [6, 6.07) is 7.90. The number of benzene rings is 1. The molecule has 0 aliphatic carbocycles. The minimum Gasteiger partial charge on any atom is -0.353 e. The lowest BCUT2D eigenvalue weighted by Gasteiger charge is -2.35. The molecular weight excluding hydrogens is 312 g/mol. The fourth-order valence-electron chi connectivity index (χ4n) is 2.88. The second kappa shape index (κ2) is 6.80. The van der Waals surface area contributed by atoms with Crippen molar-refractivity contribution in [3.63, 3.8) is 0 Å². The van der Waals surface area contributed by atoms with E-state index in [9.17, 15) is 8.42 Å². The predicted octanol–water partition coefficient (Wildman–Crippen LogP) is 1.88. The zero-order valence-corrected chi connectivity index (χ0v) is 14.2. The molecule has 0 N–H and O–H groups in total. The summed E-state index contributed by atoms with van der Waals surface area (Å²) in [5, 5.41) is 1.01. The molecule has 3 rings (SSSR count). The maximum atomic E-state index is 12.3. The zero-order valence-electron chi connectivity index (χ0n) is 13.4. The van der Waals surface area contributed by atoms with Crippen molar-refractivity contribution in [3.05, 3.63) is 30.6 Å². The maximum absolute atomic E-state index is 12.3. The molecule has 2 aromatic rings. The summed E-state index contributed by atoms with van der Waals surface area (Å²) in [4.78, 5) is 10.8. The van der Waals surface area contributed by atoms with Gasteiger partial charge in [-0.3, -0.25) is 0 Å². The second-order valence-corrected chi connectivity index (χ2v) is 7.86. The Morgan fingerprint density at radius 3 is 2.57 bits per heavy atom. The number of nitrogens with zero attached hydrogens (tertiary/aromatic N) is 4. The quantitative estimate of drug-likeness (QED) is 0.835. The third-order valence-corrected chi connectivity index (χ3v) is 6.17. The Labute approximate surface area is 137 Å². The summed E-state index contributed by atoms with van der Waals surface area (Å²) < 4.78 is 26.2. The van der Waals surface area contributed by atoms with Crippen LogP contribution >= 0.6 is 0 Å². The summed E-state index contributed by atoms with van der Waals surface area (Å²) in [7, 11) is -3.12. The molecule has 124 valence electrons. The molecule has 0 atom stereocenters. The molecule has 0 spiro atoms. The Kier molecular flexibility index (Phi) is 4.77. The van der Waals surface area contributed by atoms with Crippen molar-refractivity contribution in [1.29, 1.82) is 0 Å². The first-order chi connectivity index (χ1) is 11.1. The van der Waals surface area contributed by atoms with Crippen LogP contribution in [0.5, 0.6) is 0 Å². The highest BCUT2D eigenvalue weighted by Crippen LogP contribution is 2.24. The number of hydrogen-bond donors (Lipinski definition) is 0. The van der Waals surface area contributed by atoms with E-state index < -0.39 is 10.0 Å². The maximum Gasteiger partial charge on any atom is 0.214 e. The van der Waals surface area contributed by atoms with Gasteiger partial charge in [-0.2, -0.15) is 4.31 Å². The van der Waals surface area contributed by atoms with Crippen LogP contribution in [-0.4, -0.2) is 54.6 Å². The van der Waals surface area contributed by atoms with Crippen LogP contribution in [0, 0.1) is 0 Å². The lowest BCUT2D eigenvalue weighted by molar-refractivity contribution is 0.383. The van der Waals surface area contributed by atoms with Gasteiger partial charge in [0.15, 0.2) is 0 Å². The Balaban J connectivity index is 1.74. The largest absolute Gasteiger partial charge is 0.353 e. The Bertz CT molecular complexity index is 765. The molecule has 0 bridgehead atoms. The Hall–Kier alpha value is -1.73. The molecule has 1 aliphatic rings. The van der Waals surface area contributed by atoms with Crippen molar-refractivity contribution in [2.75, 3.05) is 36.8 Å². The number of aromatic nitrogens is 2. The van der Waals surface area contributed by atoms with E-state index in [4.69, 9.17) is 0 Å². The van der Waals surface area contributed by atoms with Gasteiger partial charge in [-0.1, -0.05) is 25.5 Å². The number of piperazine rings is 1. The molecule has 23 heavy (non-hydrogen) atoms. The van der Waals surface area contributed by atoms with Gasteiger partial charge < -0.3 is 4.90 Å². The molecule has 7 heteroatoms. The van der Waals surface area contributed by atoms with Gasteiger partial charge in [-0.05, 0) is 18.6 Å². The number of rotatable bonds is 5. The van der Waals surface area contributed by atoms with E-state index >= 15 is 0 Å². The van der Waals surface area contributed by atoms with Gasteiger partial charge in [0.1, 0.15) is 12.1 Å². The van der Waals surface area contributed by atoms with Crippen LogP contribution in [0.1, 0.15) is 19.8 Å². The van der Waals surface area contributed by atoms with E-state index in [-0.39, 0.29) is 5.75 Å². The molecule has 1 aromatic heterocycles. The molecular formula is C16H22N4O2S. The van der Waals surface area contributed by atoms with Crippen molar-refractivity contribution in [2.24, 2.45) is 0 Å². The molecule has 0 radical (unpaired) electrons. The first kappa shape index (κ1) is 16.1. The highest BCUT2D eigenvalue weighted by atomic mass is 32.2. The summed E-state index contributed by atoms with van der Waals surface area (Å²) in [5.74, 6) is 1.14. The van der Waals surface area contributed by atoms with E-state index in [0.717, 1.165) is 29.6 Å². The molecule has 1 saturated heterocycles. The lowest BCUT2D eigenvalue weighted by Crippen LogP contribution is -2.49. The topological polar surface area (TPSA) is 66.4 Å². The second-order valence-electron chi connectivity index (χ2n) is 5.77. The van der Waals surface area contributed by atoms with Crippen molar-refractivity contribution in [2.45, 2.75) is 19.8 Å². The van der Waals surface area contributed by atoms with Gasteiger partial charge >= 0.3 is 0 Å². The molecule has 1 aliphatic heterocycles. The van der Waals surface area contributed by atoms with Gasteiger partial charge in [-0.15, -0.1) is 0 Å². The van der Waals surface area contributed by atoms with E-state index in [1.54, 1.807) is 10.6 Å². The number of fused-ring (bicyclic) bond motifs is 1. The first-order valence-corrected chi connectivity index (χ1v) is 9.65. The number of anilines is 1. The number of sulfonamides is 1. The normalized spacial score (nSPS) is 16.8. The Morgan fingerprint density at radius 1 is 1.09 bits per heavy atom. The minimum atomic E-state index is -3.12. The molecule has 0 unspecified atom stereocenters. The highest BCUT2D eigenvalue weighted by molar-refractivity contribution is 7.89. The SMILES string of the molecule is CCCCS(=O)(=O)N1CCN(c2ncnc3ccccc23)CC1. The van der Waals surface area contributed by atoms with Crippen LogP contribution in [-0.2, 0) is 10.0 Å². The van der Waals surface area contributed by atoms with Crippen LogP contribution in [0.2, 0.25) is 0 Å². The molecule has 0 amide bonds. The van der Waals surface area contributed by atoms with Gasteiger partial charge in [0.25, 0.3) is 0 Å². The molecule has 6 nitrogen and oxygen atoms in total. The third kappa shape index (κ3) is 3.45. The first-order valence-electron chi connectivity index (χ1n) is 8.04. The number of hydrogen-bond acceptors (Lipinski definition) is 5. The van der Waals surface area contributed by atoms with Crippen molar-refractivity contribution < 1.29 is 8.42 Å². The third-order valence-electron chi connectivity index (χ3n) is 4.21. The van der Waals surface area contributed by atoms with Crippen LogP contribution in [0.4, 0.5) is 5.82 Å². The Morgan fingerprint density at radius 2 is 1.83 bits per heavy atom. The minimum absolute atomic E-state index is 0.250. The summed E-state index contributed by atoms with van der Waals surface area (Å²) >= 11 is 0. The van der Waals surface area contributed by atoms with Gasteiger partial charge in [0.05, 0.1) is 11.3 Å². The van der Waals surface area contributed by atoms with Gasteiger partial charge in [-0.25, -0.2) is 18.4 Å². The standard InChI is InChI=1S/C16H22N4O2S/c1-2-3-12-23(21,22)20-10-8-19(9-11-20)16-14-6-4-5-7-15(14)17-13-18-16/h4-7,13H,2-3,8-12H2,1H3. The summed E-state index contributed by atoms with van der Waals surface area (Å²) in [6.45, 7) is 4.36. The van der Waals surface area contributed by atoms with Crippen LogP contribution in [0.15, 0.2) is 30.6 Å². The number of para-hydroxylation sites is 1. The van der Waals surface area contributed by atoms with E-state index in [0.29, 0.717) is 26.2 Å². The van der Waals surface area contributed by atoms with E-state index in [1.165, 1.54) is 0 Å². The van der Waals surface area contributed by atoms with Crippen LogP contribution < -0.4 is 4.90 Å². The van der Waals surface area contributed by atoms with Gasteiger partial charge in [0, 0.05) is 31.6 Å². The van der Waals surface area contributed by atoms with E-state index in [2.05, 4.69) is 14.9 Å². The average molecular weight is 334 g/mol. The zero-order chi connectivity index (χ0) is 16.3. The monoisotopic (exact) mass is 334 g/mol. The smallest absolute Gasteiger partial charge is 0.214 e. The van der Waals surface area contributed by atoms with Crippen LogP contribution in [0.25, 0.3) is 10.9 Å². The average Bonchev–Trinajstić information content (AvgIpc) is 2.60. The predicted molar refractivity (Wildman–Crippen MR) is 92.0 cm³/mol. The summed E-state index contributed by atoms with van der Waals surface area (Å²) in [6.07, 6.45) is 3.19. The van der Waals surface area contributed by atoms with Crippen molar-refractivity contribution >= 4 is 26.7 Å². The molecule has 1 aromatic carbocycles. The van der Waals surface area contributed by atoms with Crippen LogP contribution in [0.3, 0.4) is 0 Å².